The lowest BCUT2D eigenvalue weighted by atomic mass is 10.0. The molecule has 2 atom stereocenters. The van der Waals surface area contributed by atoms with Gasteiger partial charge < -0.3 is 20.9 Å². The fourth-order valence-corrected chi connectivity index (χ4v) is 3.49. The van der Waals surface area contributed by atoms with Gasteiger partial charge in [0, 0.05) is 12.1 Å². The Morgan fingerprint density at radius 2 is 1.16 bits per heavy atom. The number of alkyl halides is 6. The number of halogens is 6. The van der Waals surface area contributed by atoms with Crippen LogP contribution in [-0.2, 0) is 41.5 Å². The largest absolute Gasteiger partial charge is 0.416 e. The molecule has 0 aliphatic rings. The Morgan fingerprint density at radius 3 is 1.62 bits per heavy atom. The molecule has 0 aliphatic heterocycles. The fourth-order valence-electron chi connectivity index (χ4n) is 3.49. The summed E-state index contributed by atoms with van der Waals surface area (Å²) in [7, 11) is 0. The molecule has 3 aromatic rings. The van der Waals surface area contributed by atoms with Crippen LogP contribution in [-0.4, -0.2) is 12.3 Å². The summed E-state index contributed by atoms with van der Waals surface area (Å²) in [6, 6.07) is 19.6. The normalized spacial score (nSPS) is 14.4. The van der Waals surface area contributed by atoms with Crippen LogP contribution in [0.5, 0.6) is 0 Å². The molecule has 0 radical (unpaired) electrons. The van der Waals surface area contributed by atoms with Crippen LogP contribution in [0.15, 0.2) is 90.6 Å². The van der Waals surface area contributed by atoms with Gasteiger partial charge >= 0.3 is 12.4 Å². The van der Waals surface area contributed by atoms with E-state index in [1.165, 1.54) is 6.08 Å². The van der Waals surface area contributed by atoms with Crippen molar-refractivity contribution in [3.63, 3.8) is 0 Å². The molecule has 0 saturated carbocycles. The number of hydrogen-bond acceptors (Lipinski definition) is 4. The molecule has 0 saturated heterocycles. The van der Waals surface area contributed by atoms with Gasteiger partial charge in [0.05, 0.1) is 24.3 Å². The first kappa shape index (κ1) is 28.2. The number of nitrogens with two attached hydrogens (primary N) is 2. The highest BCUT2D eigenvalue weighted by Gasteiger charge is 2.36. The summed E-state index contributed by atoms with van der Waals surface area (Å²) in [6.45, 7) is 0.281. The van der Waals surface area contributed by atoms with Crippen molar-refractivity contribution < 1.29 is 35.8 Å². The number of hydrogen-bond donors (Lipinski definition) is 2. The summed E-state index contributed by atoms with van der Waals surface area (Å²) in [5.74, 6) is 0. The van der Waals surface area contributed by atoms with Gasteiger partial charge in [-0.15, -0.1) is 0 Å². The Morgan fingerprint density at radius 1 is 0.703 bits per heavy atom. The average molecular weight is 525 g/mol. The molecule has 0 aliphatic carbocycles. The summed E-state index contributed by atoms with van der Waals surface area (Å²) < 4.78 is 90.8. The predicted molar refractivity (Wildman–Crippen MR) is 127 cm³/mol. The molecule has 10 heteroatoms. The molecule has 0 bridgehead atoms. The van der Waals surface area contributed by atoms with Crippen LogP contribution < -0.4 is 11.5 Å². The summed E-state index contributed by atoms with van der Waals surface area (Å²) in [4.78, 5) is 0. The van der Waals surface area contributed by atoms with E-state index in [2.05, 4.69) is 0 Å². The molecule has 0 aromatic heterocycles. The second-order valence-electron chi connectivity index (χ2n) is 8.35. The maximum Gasteiger partial charge on any atom is 0.416 e. The molecule has 0 fully saturated rings. The standard InChI is InChI=1S/C27H26F6N2O2/c28-26(29,30)21-11-20(12-22(14-21)27(31,32)33)13-23(34)15-24(36-16-18-7-3-1-4-8-18)25(35)37-17-19-9-5-2-6-10-19/h1-12,14-15,24-25H,13,16-17,34-35H2/b23-15-. The smallest absolute Gasteiger partial charge is 0.402 e. The van der Waals surface area contributed by atoms with E-state index in [1.54, 1.807) is 0 Å². The van der Waals surface area contributed by atoms with Crippen molar-refractivity contribution in [3.8, 4) is 0 Å². The van der Waals surface area contributed by atoms with Crippen molar-refractivity contribution in [3.05, 3.63) is 118 Å². The van der Waals surface area contributed by atoms with Crippen LogP contribution in [0, 0.1) is 0 Å². The molecule has 4 nitrogen and oxygen atoms in total. The van der Waals surface area contributed by atoms with E-state index in [1.807, 2.05) is 60.7 Å². The Labute approximate surface area is 210 Å². The van der Waals surface area contributed by atoms with Crippen molar-refractivity contribution in [1.82, 2.24) is 0 Å². The molecule has 37 heavy (non-hydrogen) atoms. The SMILES string of the molecule is N/C(=C\C(OCc1ccccc1)C(N)OCc1ccccc1)Cc1cc(C(F)(F)F)cc(C(F)(F)F)c1. The molecule has 0 amide bonds. The molecule has 3 aromatic carbocycles. The number of rotatable bonds is 10. The molecule has 0 heterocycles. The molecule has 198 valence electrons. The number of benzene rings is 3. The lowest BCUT2D eigenvalue weighted by molar-refractivity contribution is -0.143. The van der Waals surface area contributed by atoms with Gasteiger partial charge in [0.2, 0.25) is 0 Å². The van der Waals surface area contributed by atoms with Gasteiger partial charge in [-0.1, -0.05) is 60.7 Å². The van der Waals surface area contributed by atoms with E-state index in [0.29, 0.717) is 12.1 Å². The minimum absolute atomic E-state index is 0.0238. The summed E-state index contributed by atoms with van der Waals surface area (Å²) >= 11 is 0. The van der Waals surface area contributed by atoms with Crippen molar-refractivity contribution in [1.29, 1.82) is 0 Å². The first-order valence-electron chi connectivity index (χ1n) is 11.2. The van der Waals surface area contributed by atoms with Crippen LogP contribution in [0.2, 0.25) is 0 Å². The third kappa shape index (κ3) is 8.92. The summed E-state index contributed by atoms with van der Waals surface area (Å²) in [6.07, 6.45) is -10.9. The van der Waals surface area contributed by atoms with E-state index in [-0.39, 0.29) is 37.0 Å². The summed E-state index contributed by atoms with van der Waals surface area (Å²) in [5, 5.41) is 0. The molecule has 3 rings (SSSR count). The van der Waals surface area contributed by atoms with Crippen LogP contribution in [0.1, 0.15) is 27.8 Å². The summed E-state index contributed by atoms with van der Waals surface area (Å²) in [5.41, 5.74) is 10.8. The van der Waals surface area contributed by atoms with E-state index in [0.717, 1.165) is 11.1 Å². The van der Waals surface area contributed by atoms with Gasteiger partial charge in [0.1, 0.15) is 12.3 Å². The zero-order valence-corrected chi connectivity index (χ0v) is 19.6. The van der Waals surface area contributed by atoms with E-state index < -0.39 is 35.8 Å². The minimum atomic E-state index is -4.95. The van der Waals surface area contributed by atoms with Crippen LogP contribution in [0.3, 0.4) is 0 Å². The Bertz CT molecular complexity index is 1130. The molecule has 0 spiro atoms. The molecule has 4 N–H and O–H groups in total. The number of allylic oxidation sites excluding steroid dienone is 1. The third-order valence-electron chi connectivity index (χ3n) is 5.33. The molecular weight excluding hydrogens is 498 g/mol. The number of ether oxygens (including phenoxy) is 2. The predicted octanol–water partition coefficient (Wildman–Crippen LogP) is 6.20. The topological polar surface area (TPSA) is 70.5 Å². The maximum absolute atomic E-state index is 13.2. The first-order valence-corrected chi connectivity index (χ1v) is 11.2. The van der Waals surface area contributed by atoms with E-state index >= 15 is 0 Å². The quantitative estimate of drug-likeness (QED) is 0.245. The average Bonchev–Trinajstić information content (AvgIpc) is 2.85. The first-order chi connectivity index (χ1) is 17.4. The second kappa shape index (κ2) is 12.3. The van der Waals surface area contributed by atoms with Gasteiger partial charge in [-0.25, -0.2) is 0 Å². The van der Waals surface area contributed by atoms with Crippen molar-refractivity contribution >= 4 is 0 Å². The van der Waals surface area contributed by atoms with Crippen molar-refractivity contribution in [2.24, 2.45) is 11.5 Å². The zero-order valence-electron chi connectivity index (χ0n) is 19.6. The highest BCUT2D eigenvalue weighted by Crippen LogP contribution is 2.36. The fraction of sp³-hybridized carbons (Fsp3) is 0.259. The van der Waals surface area contributed by atoms with Gasteiger partial charge in [-0.3, -0.25) is 0 Å². The highest BCUT2D eigenvalue weighted by atomic mass is 19.4. The minimum Gasteiger partial charge on any atom is -0.402 e. The Kier molecular flexibility index (Phi) is 9.36. The zero-order chi connectivity index (χ0) is 27.1. The monoisotopic (exact) mass is 524 g/mol. The lowest BCUT2D eigenvalue weighted by Crippen LogP contribution is -2.38. The Hall–Kier alpha value is -3.34. The van der Waals surface area contributed by atoms with Crippen LogP contribution in [0.4, 0.5) is 26.3 Å². The van der Waals surface area contributed by atoms with Crippen LogP contribution >= 0.6 is 0 Å². The van der Waals surface area contributed by atoms with Crippen molar-refractivity contribution in [2.75, 3.05) is 0 Å². The molecular formula is C27H26F6N2O2. The van der Waals surface area contributed by atoms with Crippen molar-refractivity contribution in [2.45, 2.75) is 44.3 Å². The Balaban J connectivity index is 1.82. The van der Waals surface area contributed by atoms with Gasteiger partial charge in [-0.2, -0.15) is 26.3 Å². The third-order valence-corrected chi connectivity index (χ3v) is 5.33. The maximum atomic E-state index is 13.2. The second-order valence-corrected chi connectivity index (χ2v) is 8.35. The van der Waals surface area contributed by atoms with E-state index in [9.17, 15) is 26.3 Å². The lowest BCUT2D eigenvalue weighted by Gasteiger charge is -2.23. The van der Waals surface area contributed by atoms with Crippen LogP contribution in [0.25, 0.3) is 0 Å². The van der Waals surface area contributed by atoms with Gasteiger partial charge in [-0.05, 0) is 41.0 Å². The van der Waals surface area contributed by atoms with Gasteiger partial charge in [0.25, 0.3) is 0 Å². The van der Waals surface area contributed by atoms with Gasteiger partial charge in [0.15, 0.2) is 0 Å². The highest BCUT2D eigenvalue weighted by molar-refractivity contribution is 5.35. The molecule has 2 unspecified atom stereocenters. The van der Waals surface area contributed by atoms with E-state index in [4.69, 9.17) is 20.9 Å².